The normalized spacial score (nSPS) is 10.5. The number of nitrogens with one attached hydrogen (secondary N) is 2. The van der Waals surface area contributed by atoms with Gasteiger partial charge in [0.15, 0.2) is 0 Å². The summed E-state index contributed by atoms with van der Waals surface area (Å²) in [4.78, 5) is 24.6. The summed E-state index contributed by atoms with van der Waals surface area (Å²) in [6.45, 7) is 1.93. The fourth-order valence-corrected chi connectivity index (χ4v) is 2.47. The number of carbonyl (C=O) groups excluding carboxylic acids is 2. The molecular formula is C19H18N2O3. The van der Waals surface area contributed by atoms with Gasteiger partial charge in [0.25, 0.3) is 5.91 Å². The van der Waals surface area contributed by atoms with Crippen LogP contribution in [0.1, 0.15) is 30.3 Å². The number of furan rings is 1. The zero-order chi connectivity index (χ0) is 16.9. The molecule has 2 aromatic carbocycles. The van der Waals surface area contributed by atoms with E-state index in [1.807, 2.05) is 43.3 Å². The Balaban J connectivity index is 1.96. The third-order valence-electron chi connectivity index (χ3n) is 3.57. The van der Waals surface area contributed by atoms with Crippen molar-refractivity contribution in [2.45, 2.75) is 19.8 Å². The summed E-state index contributed by atoms with van der Waals surface area (Å²) in [5.74, 6) is -0.438. The van der Waals surface area contributed by atoms with Gasteiger partial charge in [-0.05, 0) is 30.7 Å². The van der Waals surface area contributed by atoms with E-state index in [9.17, 15) is 9.59 Å². The average Bonchev–Trinajstić information content (AvgIpc) is 2.95. The van der Waals surface area contributed by atoms with E-state index in [2.05, 4.69) is 10.6 Å². The molecule has 2 amide bonds. The maximum Gasteiger partial charge on any atom is 0.293 e. The molecule has 0 bridgehead atoms. The van der Waals surface area contributed by atoms with Crippen molar-refractivity contribution in [3.05, 3.63) is 60.4 Å². The summed E-state index contributed by atoms with van der Waals surface area (Å²) in [7, 11) is 0. The molecule has 3 aromatic rings. The van der Waals surface area contributed by atoms with Crippen LogP contribution in [-0.4, -0.2) is 11.8 Å². The van der Waals surface area contributed by atoms with Crippen molar-refractivity contribution in [3.63, 3.8) is 0 Å². The van der Waals surface area contributed by atoms with Crippen LogP contribution in [0.25, 0.3) is 11.0 Å². The van der Waals surface area contributed by atoms with Gasteiger partial charge in [-0.1, -0.05) is 37.3 Å². The van der Waals surface area contributed by atoms with Crippen molar-refractivity contribution in [2.24, 2.45) is 0 Å². The first-order valence-corrected chi connectivity index (χ1v) is 7.87. The number of amides is 2. The number of anilines is 2. The first-order valence-electron chi connectivity index (χ1n) is 7.87. The molecule has 0 fully saturated rings. The van der Waals surface area contributed by atoms with Gasteiger partial charge < -0.3 is 15.1 Å². The molecule has 3 rings (SSSR count). The minimum absolute atomic E-state index is 0.101. The van der Waals surface area contributed by atoms with E-state index >= 15 is 0 Å². The third kappa shape index (κ3) is 3.30. The number of carbonyl (C=O) groups is 2. The zero-order valence-corrected chi connectivity index (χ0v) is 13.3. The molecule has 5 heteroatoms. The smallest absolute Gasteiger partial charge is 0.293 e. The van der Waals surface area contributed by atoms with Crippen molar-refractivity contribution < 1.29 is 14.0 Å². The Morgan fingerprint density at radius 3 is 2.42 bits per heavy atom. The van der Waals surface area contributed by atoms with Crippen LogP contribution in [0, 0.1) is 0 Å². The predicted octanol–water partition coefficient (Wildman–Crippen LogP) is 4.42. The van der Waals surface area contributed by atoms with Gasteiger partial charge in [0.2, 0.25) is 11.7 Å². The number of hydrogen-bond donors (Lipinski definition) is 2. The van der Waals surface area contributed by atoms with E-state index in [1.54, 1.807) is 18.2 Å². The van der Waals surface area contributed by atoms with Gasteiger partial charge in [0.1, 0.15) is 11.3 Å². The number of fused-ring (bicyclic) bond motifs is 1. The lowest BCUT2D eigenvalue weighted by Crippen LogP contribution is -2.16. The summed E-state index contributed by atoms with van der Waals surface area (Å²) < 4.78 is 5.69. The van der Waals surface area contributed by atoms with Crippen LogP contribution >= 0.6 is 0 Å². The molecule has 5 nitrogen and oxygen atoms in total. The maximum atomic E-state index is 12.6. The fourth-order valence-electron chi connectivity index (χ4n) is 2.47. The van der Waals surface area contributed by atoms with Crippen LogP contribution < -0.4 is 10.6 Å². The van der Waals surface area contributed by atoms with Crippen LogP contribution in [0.5, 0.6) is 0 Å². The number of rotatable bonds is 5. The quantitative estimate of drug-likeness (QED) is 0.730. The zero-order valence-electron chi connectivity index (χ0n) is 13.3. The van der Waals surface area contributed by atoms with Gasteiger partial charge >= 0.3 is 0 Å². The lowest BCUT2D eigenvalue weighted by Gasteiger charge is -2.06. The average molecular weight is 322 g/mol. The van der Waals surface area contributed by atoms with Gasteiger partial charge in [-0.3, -0.25) is 9.59 Å². The van der Waals surface area contributed by atoms with E-state index < -0.39 is 5.91 Å². The van der Waals surface area contributed by atoms with Crippen molar-refractivity contribution in [1.82, 2.24) is 0 Å². The molecular weight excluding hydrogens is 304 g/mol. The third-order valence-corrected chi connectivity index (χ3v) is 3.57. The first-order chi connectivity index (χ1) is 11.7. The van der Waals surface area contributed by atoms with Gasteiger partial charge in [-0.25, -0.2) is 0 Å². The SMILES string of the molecule is CCCC(=O)Nc1c(C(=O)Nc2ccccc2)oc2ccccc12. The highest BCUT2D eigenvalue weighted by Crippen LogP contribution is 2.31. The van der Waals surface area contributed by atoms with Gasteiger partial charge in [-0.2, -0.15) is 0 Å². The molecule has 0 aliphatic rings. The summed E-state index contributed by atoms with van der Waals surface area (Å²) in [6, 6.07) is 16.4. The minimum atomic E-state index is -0.399. The van der Waals surface area contributed by atoms with Crippen molar-refractivity contribution in [1.29, 1.82) is 0 Å². The highest BCUT2D eigenvalue weighted by molar-refractivity contribution is 6.14. The fraction of sp³-hybridized carbons (Fsp3) is 0.158. The molecule has 0 spiro atoms. The highest BCUT2D eigenvalue weighted by atomic mass is 16.3. The number of hydrogen-bond acceptors (Lipinski definition) is 3. The molecule has 0 saturated heterocycles. The van der Waals surface area contributed by atoms with Crippen LogP contribution in [0.4, 0.5) is 11.4 Å². The van der Waals surface area contributed by atoms with E-state index in [1.165, 1.54) is 0 Å². The Labute approximate surface area is 139 Å². The monoisotopic (exact) mass is 322 g/mol. The topological polar surface area (TPSA) is 71.3 Å². The molecule has 1 heterocycles. The highest BCUT2D eigenvalue weighted by Gasteiger charge is 2.22. The molecule has 0 saturated carbocycles. The summed E-state index contributed by atoms with van der Waals surface area (Å²) in [5.41, 5.74) is 1.63. The van der Waals surface area contributed by atoms with Crippen molar-refractivity contribution in [3.8, 4) is 0 Å². The molecule has 1 aromatic heterocycles. The number of para-hydroxylation sites is 2. The second kappa shape index (κ2) is 7.00. The Morgan fingerprint density at radius 2 is 1.67 bits per heavy atom. The van der Waals surface area contributed by atoms with Crippen LogP contribution in [0.3, 0.4) is 0 Å². The molecule has 0 atom stereocenters. The van der Waals surface area contributed by atoms with E-state index in [-0.39, 0.29) is 11.7 Å². The van der Waals surface area contributed by atoms with Crippen molar-refractivity contribution >= 4 is 34.2 Å². The molecule has 24 heavy (non-hydrogen) atoms. The number of benzene rings is 2. The first kappa shape index (κ1) is 15.8. The summed E-state index contributed by atoms with van der Waals surface area (Å²) >= 11 is 0. The standard InChI is InChI=1S/C19H18N2O3/c1-2-8-16(22)21-17-14-11-6-7-12-15(14)24-18(17)19(23)20-13-9-4-3-5-10-13/h3-7,9-12H,2,8H2,1H3,(H,20,23)(H,21,22). The Bertz CT molecular complexity index is 869. The second-order valence-corrected chi connectivity index (χ2v) is 5.42. The van der Waals surface area contributed by atoms with E-state index in [0.717, 1.165) is 6.42 Å². The minimum Gasteiger partial charge on any atom is -0.449 e. The van der Waals surface area contributed by atoms with E-state index in [0.29, 0.717) is 28.8 Å². The van der Waals surface area contributed by atoms with E-state index in [4.69, 9.17) is 4.42 Å². The largest absolute Gasteiger partial charge is 0.449 e. The van der Waals surface area contributed by atoms with Gasteiger partial charge in [-0.15, -0.1) is 0 Å². The Hall–Kier alpha value is -3.08. The van der Waals surface area contributed by atoms with Crippen LogP contribution in [0.15, 0.2) is 59.0 Å². The van der Waals surface area contributed by atoms with Crippen molar-refractivity contribution in [2.75, 3.05) is 10.6 Å². The van der Waals surface area contributed by atoms with Crippen LogP contribution in [0.2, 0.25) is 0 Å². The molecule has 0 aliphatic carbocycles. The Kier molecular flexibility index (Phi) is 4.61. The van der Waals surface area contributed by atoms with Gasteiger partial charge in [0.05, 0.1) is 0 Å². The molecule has 2 N–H and O–H groups in total. The Morgan fingerprint density at radius 1 is 0.958 bits per heavy atom. The van der Waals surface area contributed by atoms with Gasteiger partial charge in [0, 0.05) is 17.5 Å². The van der Waals surface area contributed by atoms with Crippen LogP contribution in [-0.2, 0) is 4.79 Å². The molecule has 0 aliphatic heterocycles. The molecule has 0 unspecified atom stereocenters. The molecule has 122 valence electrons. The lowest BCUT2D eigenvalue weighted by molar-refractivity contribution is -0.116. The summed E-state index contributed by atoms with van der Waals surface area (Å²) in [5, 5.41) is 6.30. The lowest BCUT2D eigenvalue weighted by atomic mass is 10.2. The summed E-state index contributed by atoms with van der Waals surface area (Å²) in [6.07, 6.45) is 1.12. The molecule has 0 radical (unpaired) electrons. The maximum absolute atomic E-state index is 12.6. The predicted molar refractivity (Wildman–Crippen MR) is 94.1 cm³/mol. The second-order valence-electron chi connectivity index (χ2n) is 5.42.